The molecule has 4 nitrogen and oxygen atoms in total. The van der Waals surface area contributed by atoms with Crippen molar-refractivity contribution >= 4 is 37.6 Å². The van der Waals surface area contributed by atoms with Crippen molar-refractivity contribution < 1.29 is 4.79 Å². The smallest absolute Gasteiger partial charge is 0.282 e. The topological polar surface area (TPSA) is 44.0 Å². The molecular formula is C18H14Br2N2O2. The van der Waals surface area contributed by atoms with E-state index in [4.69, 9.17) is 0 Å². The number of hydrogen-bond donors (Lipinski definition) is 0. The first-order valence-corrected chi connectivity index (χ1v) is 8.87. The van der Waals surface area contributed by atoms with Gasteiger partial charge >= 0.3 is 0 Å². The van der Waals surface area contributed by atoms with Crippen LogP contribution in [0.5, 0.6) is 0 Å². The SMILES string of the molecule is CC(=O)c1c(C)n(-c2ccccc2Br)n(-c2ccccc2Br)c1=O. The van der Waals surface area contributed by atoms with E-state index in [1.54, 1.807) is 11.6 Å². The molecule has 3 aromatic rings. The van der Waals surface area contributed by atoms with Gasteiger partial charge in [0, 0.05) is 8.95 Å². The van der Waals surface area contributed by atoms with Crippen LogP contribution in [0.25, 0.3) is 11.4 Å². The summed E-state index contributed by atoms with van der Waals surface area (Å²) in [5, 5.41) is 0. The summed E-state index contributed by atoms with van der Waals surface area (Å²) in [5.41, 5.74) is 1.93. The Kier molecular flexibility index (Phi) is 4.60. The van der Waals surface area contributed by atoms with Crippen molar-refractivity contribution in [1.82, 2.24) is 9.36 Å². The third-order valence-electron chi connectivity index (χ3n) is 3.80. The van der Waals surface area contributed by atoms with Crippen LogP contribution < -0.4 is 5.56 Å². The Labute approximate surface area is 156 Å². The number of carbonyl (C=O) groups is 1. The molecule has 0 N–H and O–H groups in total. The van der Waals surface area contributed by atoms with Gasteiger partial charge in [-0.15, -0.1) is 0 Å². The van der Waals surface area contributed by atoms with Crippen molar-refractivity contribution in [3.63, 3.8) is 0 Å². The minimum atomic E-state index is -0.331. The van der Waals surface area contributed by atoms with Gasteiger partial charge in [0.25, 0.3) is 5.56 Å². The fourth-order valence-electron chi connectivity index (χ4n) is 2.77. The molecule has 1 aromatic heterocycles. The summed E-state index contributed by atoms with van der Waals surface area (Å²) in [6.45, 7) is 3.20. The first-order valence-electron chi connectivity index (χ1n) is 7.29. The van der Waals surface area contributed by atoms with E-state index in [9.17, 15) is 9.59 Å². The Balaban J connectivity index is 2.47. The number of rotatable bonds is 3. The zero-order valence-corrected chi connectivity index (χ0v) is 16.3. The second-order valence-electron chi connectivity index (χ2n) is 5.35. The number of halogens is 2. The molecule has 0 atom stereocenters. The van der Waals surface area contributed by atoms with Gasteiger partial charge < -0.3 is 0 Å². The highest BCUT2D eigenvalue weighted by Crippen LogP contribution is 2.27. The third-order valence-corrected chi connectivity index (χ3v) is 5.14. The Morgan fingerprint density at radius 2 is 1.33 bits per heavy atom. The van der Waals surface area contributed by atoms with Gasteiger partial charge in [0.1, 0.15) is 5.56 Å². The maximum Gasteiger partial charge on any atom is 0.282 e. The van der Waals surface area contributed by atoms with Crippen LogP contribution in [0.1, 0.15) is 23.0 Å². The van der Waals surface area contributed by atoms with Crippen molar-refractivity contribution in [2.45, 2.75) is 13.8 Å². The number of para-hydroxylation sites is 2. The van der Waals surface area contributed by atoms with Crippen molar-refractivity contribution in [1.29, 1.82) is 0 Å². The number of nitrogens with zero attached hydrogens (tertiary/aromatic N) is 2. The van der Waals surface area contributed by atoms with Crippen molar-refractivity contribution in [2.75, 3.05) is 0 Å². The van der Waals surface area contributed by atoms with Crippen LogP contribution in [0.3, 0.4) is 0 Å². The highest BCUT2D eigenvalue weighted by Gasteiger charge is 2.23. The molecule has 0 unspecified atom stereocenters. The van der Waals surface area contributed by atoms with Crippen LogP contribution in [-0.2, 0) is 0 Å². The van der Waals surface area contributed by atoms with Crippen LogP contribution in [0.2, 0.25) is 0 Å². The van der Waals surface area contributed by atoms with Crippen LogP contribution in [0.15, 0.2) is 62.3 Å². The summed E-state index contributed by atoms with van der Waals surface area (Å²) in [4.78, 5) is 25.0. The summed E-state index contributed by atoms with van der Waals surface area (Å²) < 4.78 is 4.89. The standard InChI is InChI=1S/C18H14Br2N2O2/c1-11-17(12(2)23)18(24)22(16-10-6-4-8-14(16)20)21(11)15-9-5-3-7-13(15)19/h3-10H,1-2H3. The van der Waals surface area contributed by atoms with E-state index < -0.39 is 0 Å². The van der Waals surface area contributed by atoms with Gasteiger partial charge in [0.05, 0.1) is 17.1 Å². The van der Waals surface area contributed by atoms with E-state index in [0.717, 1.165) is 14.6 Å². The Morgan fingerprint density at radius 3 is 1.79 bits per heavy atom. The molecule has 0 aliphatic heterocycles. The van der Waals surface area contributed by atoms with Gasteiger partial charge in [-0.2, -0.15) is 0 Å². The molecule has 0 radical (unpaired) electrons. The molecule has 0 bridgehead atoms. The quantitative estimate of drug-likeness (QED) is 0.545. The van der Waals surface area contributed by atoms with Crippen LogP contribution >= 0.6 is 31.9 Å². The predicted molar refractivity (Wildman–Crippen MR) is 102 cm³/mol. The predicted octanol–water partition coefficient (Wildman–Crippen LogP) is 4.66. The minimum Gasteiger partial charge on any atom is -0.294 e. The van der Waals surface area contributed by atoms with Gasteiger partial charge in [-0.1, -0.05) is 24.3 Å². The van der Waals surface area contributed by atoms with E-state index in [1.165, 1.54) is 11.6 Å². The molecule has 0 aliphatic rings. The third kappa shape index (κ3) is 2.70. The van der Waals surface area contributed by atoms with Crippen molar-refractivity contribution in [2.24, 2.45) is 0 Å². The average molecular weight is 450 g/mol. The van der Waals surface area contributed by atoms with E-state index in [0.29, 0.717) is 11.4 Å². The molecule has 6 heteroatoms. The van der Waals surface area contributed by atoms with E-state index in [2.05, 4.69) is 31.9 Å². The fraction of sp³-hybridized carbons (Fsp3) is 0.111. The largest absolute Gasteiger partial charge is 0.294 e. The molecule has 0 fully saturated rings. The monoisotopic (exact) mass is 448 g/mol. The van der Waals surface area contributed by atoms with Crippen LogP contribution in [0, 0.1) is 6.92 Å². The van der Waals surface area contributed by atoms with E-state index >= 15 is 0 Å². The summed E-state index contributed by atoms with van der Waals surface area (Å²) in [5.74, 6) is -0.246. The first kappa shape index (κ1) is 16.9. The molecule has 122 valence electrons. The maximum absolute atomic E-state index is 13.0. The lowest BCUT2D eigenvalue weighted by molar-refractivity contribution is 0.101. The van der Waals surface area contributed by atoms with E-state index in [1.807, 2.05) is 48.5 Å². The van der Waals surface area contributed by atoms with Gasteiger partial charge in [-0.05, 0) is 70.0 Å². The van der Waals surface area contributed by atoms with Gasteiger partial charge in [0.15, 0.2) is 5.78 Å². The molecule has 24 heavy (non-hydrogen) atoms. The minimum absolute atomic E-state index is 0.196. The molecule has 0 spiro atoms. The molecule has 0 saturated heterocycles. The number of carbonyl (C=O) groups excluding carboxylic acids is 1. The molecule has 1 heterocycles. The molecule has 2 aromatic carbocycles. The number of benzene rings is 2. The lowest BCUT2D eigenvalue weighted by atomic mass is 10.2. The Bertz CT molecular complexity index is 1000. The normalized spacial score (nSPS) is 10.8. The molecule has 0 aliphatic carbocycles. The highest BCUT2D eigenvalue weighted by atomic mass is 79.9. The summed E-state index contributed by atoms with van der Waals surface area (Å²) >= 11 is 7.02. The average Bonchev–Trinajstić information content (AvgIpc) is 2.79. The Hall–Kier alpha value is -1.92. The fourth-order valence-corrected chi connectivity index (χ4v) is 3.67. The van der Waals surface area contributed by atoms with Crippen LogP contribution in [-0.4, -0.2) is 15.1 Å². The number of hydrogen-bond acceptors (Lipinski definition) is 2. The lowest BCUT2D eigenvalue weighted by Crippen LogP contribution is -2.23. The highest BCUT2D eigenvalue weighted by molar-refractivity contribution is 9.11. The molecule has 3 rings (SSSR count). The lowest BCUT2D eigenvalue weighted by Gasteiger charge is -2.16. The van der Waals surface area contributed by atoms with Gasteiger partial charge in [-0.3, -0.25) is 9.59 Å². The molecular weight excluding hydrogens is 436 g/mol. The zero-order chi connectivity index (χ0) is 17.4. The van der Waals surface area contributed by atoms with Crippen LogP contribution in [0.4, 0.5) is 0 Å². The molecule has 0 saturated carbocycles. The second-order valence-corrected chi connectivity index (χ2v) is 7.06. The second kappa shape index (κ2) is 6.53. The zero-order valence-electron chi connectivity index (χ0n) is 13.1. The summed E-state index contributed by atoms with van der Waals surface area (Å²) in [7, 11) is 0. The van der Waals surface area contributed by atoms with E-state index in [-0.39, 0.29) is 16.9 Å². The molecule has 0 amide bonds. The number of aromatic nitrogens is 2. The maximum atomic E-state index is 13.0. The van der Waals surface area contributed by atoms with Crippen molar-refractivity contribution in [3.8, 4) is 11.4 Å². The Morgan fingerprint density at radius 1 is 0.875 bits per heavy atom. The summed E-state index contributed by atoms with van der Waals surface area (Å²) in [6, 6.07) is 15.0. The summed E-state index contributed by atoms with van der Waals surface area (Å²) in [6.07, 6.45) is 0. The van der Waals surface area contributed by atoms with Gasteiger partial charge in [-0.25, -0.2) is 9.36 Å². The number of ketones is 1. The van der Waals surface area contributed by atoms with Gasteiger partial charge in [0.2, 0.25) is 0 Å². The number of Topliss-reactive ketones (excluding diaryl/α,β-unsaturated/α-hetero) is 1. The van der Waals surface area contributed by atoms with Crippen molar-refractivity contribution in [3.05, 3.63) is 79.1 Å². The first-order chi connectivity index (χ1) is 11.4.